The second kappa shape index (κ2) is 7.49. The Morgan fingerprint density at radius 1 is 1.06 bits per heavy atom. The quantitative estimate of drug-likeness (QED) is 0.667. The Labute approximate surface area is 114 Å². The Kier molecular flexibility index (Phi) is 5.97. The number of hydrogen-bond acceptors (Lipinski definition) is 2. The van der Waals surface area contributed by atoms with Crippen molar-refractivity contribution < 1.29 is 0 Å². The minimum atomic E-state index is 0.808. The molecule has 0 N–H and O–H groups in total. The molecule has 2 saturated heterocycles. The van der Waals surface area contributed by atoms with Gasteiger partial charge < -0.3 is 0 Å². The van der Waals surface area contributed by atoms with Crippen LogP contribution in [0.1, 0.15) is 65.2 Å². The first-order valence-corrected chi connectivity index (χ1v) is 8.29. The minimum absolute atomic E-state index is 0.808. The standard InChI is InChI=1S/C16H32N2/c1-3-4-5-6-9-15(2)18-13-8-12-17-11-7-10-16(17)14-18/h15-16H,3-14H2,1-2H3. The molecule has 2 nitrogen and oxygen atoms in total. The summed E-state index contributed by atoms with van der Waals surface area (Å²) in [4.78, 5) is 5.52. The fourth-order valence-corrected chi connectivity index (χ4v) is 3.68. The van der Waals surface area contributed by atoms with Gasteiger partial charge in [0.1, 0.15) is 0 Å². The Balaban J connectivity index is 1.73. The highest BCUT2D eigenvalue weighted by Crippen LogP contribution is 2.23. The Morgan fingerprint density at radius 3 is 2.72 bits per heavy atom. The van der Waals surface area contributed by atoms with Gasteiger partial charge in [0.25, 0.3) is 0 Å². The van der Waals surface area contributed by atoms with Crippen molar-refractivity contribution >= 4 is 0 Å². The molecule has 2 unspecified atom stereocenters. The van der Waals surface area contributed by atoms with Gasteiger partial charge in [0.15, 0.2) is 0 Å². The summed E-state index contributed by atoms with van der Waals surface area (Å²) in [7, 11) is 0. The topological polar surface area (TPSA) is 6.48 Å². The fraction of sp³-hybridized carbons (Fsp3) is 1.00. The van der Waals surface area contributed by atoms with Crippen LogP contribution < -0.4 is 0 Å². The predicted molar refractivity (Wildman–Crippen MR) is 79.0 cm³/mol. The van der Waals surface area contributed by atoms with Crippen molar-refractivity contribution in [1.29, 1.82) is 0 Å². The van der Waals surface area contributed by atoms with E-state index in [0.29, 0.717) is 0 Å². The van der Waals surface area contributed by atoms with E-state index in [1.165, 1.54) is 77.5 Å². The molecule has 0 aromatic rings. The van der Waals surface area contributed by atoms with Gasteiger partial charge in [0.05, 0.1) is 0 Å². The second-order valence-electron chi connectivity index (χ2n) is 6.38. The lowest BCUT2D eigenvalue weighted by Crippen LogP contribution is -2.40. The molecule has 2 heterocycles. The number of rotatable bonds is 6. The third-order valence-electron chi connectivity index (χ3n) is 4.93. The summed E-state index contributed by atoms with van der Waals surface area (Å²) in [5.41, 5.74) is 0. The molecule has 0 spiro atoms. The van der Waals surface area contributed by atoms with Crippen molar-refractivity contribution in [2.24, 2.45) is 0 Å². The summed E-state index contributed by atoms with van der Waals surface area (Å²) in [5.74, 6) is 0. The molecule has 2 fully saturated rings. The van der Waals surface area contributed by atoms with Crippen LogP contribution >= 0.6 is 0 Å². The van der Waals surface area contributed by atoms with Crippen molar-refractivity contribution in [3.05, 3.63) is 0 Å². The maximum Gasteiger partial charge on any atom is 0.0223 e. The zero-order chi connectivity index (χ0) is 12.8. The molecule has 2 rings (SSSR count). The van der Waals surface area contributed by atoms with Crippen molar-refractivity contribution in [3.63, 3.8) is 0 Å². The van der Waals surface area contributed by atoms with E-state index in [-0.39, 0.29) is 0 Å². The summed E-state index contributed by atoms with van der Waals surface area (Å²) in [6, 6.07) is 1.69. The summed E-state index contributed by atoms with van der Waals surface area (Å²) >= 11 is 0. The molecular weight excluding hydrogens is 220 g/mol. The highest BCUT2D eigenvalue weighted by atomic mass is 15.3. The van der Waals surface area contributed by atoms with Gasteiger partial charge in [-0.2, -0.15) is 0 Å². The zero-order valence-electron chi connectivity index (χ0n) is 12.5. The SMILES string of the molecule is CCCCCCC(C)N1CCCN2CCCC2C1. The highest BCUT2D eigenvalue weighted by molar-refractivity contribution is 4.86. The lowest BCUT2D eigenvalue weighted by Gasteiger charge is -2.30. The van der Waals surface area contributed by atoms with Gasteiger partial charge in [0.2, 0.25) is 0 Å². The third-order valence-corrected chi connectivity index (χ3v) is 4.93. The molecule has 0 radical (unpaired) electrons. The van der Waals surface area contributed by atoms with Gasteiger partial charge in [-0.3, -0.25) is 9.80 Å². The molecule has 0 amide bonds. The first-order valence-electron chi connectivity index (χ1n) is 8.29. The van der Waals surface area contributed by atoms with Crippen molar-refractivity contribution in [2.75, 3.05) is 26.2 Å². The van der Waals surface area contributed by atoms with Gasteiger partial charge in [-0.1, -0.05) is 32.6 Å². The van der Waals surface area contributed by atoms with E-state index in [4.69, 9.17) is 0 Å². The van der Waals surface area contributed by atoms with Crippen LogP contribution in [0.4, 0.5) is 0 Å². The predicted octanol–water partition coefficient (Wildman–Crippen LogP) is 3.52. The second-order valence-corrected chi connectivity index (χ2v) is 6.38. The summed E-state index contributed by atoms with van der Waals surface area (Å²) in [5, 5.41) is 0. The van der Waals surface area contributed by atoms with Gasteiger partial charge >= 0.3 is 0 Å². The smallest absolute Gasteiger partial charge is 0.0223 e. The van der Waals surface area contributed by atoms with Crippen molar-refractivity contribution in [2.45, 2.75) is 77.3 Å². The van der Waals surface area contributed by atoms with E-state index in [9.17, 15) is 0 Å². The van der Waals surface area contributed by atoms with Gasteiger partial charge in [-0.25, -0.2) is 0 Å². The zero-order valence-corrected chi connectivity index (χ0v) is 12.5. The van der Waals surface area contributed by atoms with E-state index in [1.807, 2.05) is 0 Å². The van der Waals surface area contributed by atoms with Crippen molar-refractivity contribution in [1.82, 2.24) is 9.80 Å². The monoisotopic (exact) mass is 252 g/mol. The van der Waals surface area contributed by atoms with E-state index in [2.05, 4.69) is 23.6 Å². The Bertz CT molecular complexity index is 229. The van der Waals surface area contributed by atoms with Gasteiger partial charge in [-0.05, 0) is 52.2 Å². The number of unbranched alkanes of at least 4 members (excludes halogenated alkanes) is 3. The van der Waals surface area contributed by atoms with Crippen LogP contribution in [0.5, 0.6) is 0 Å². The molecule has 0 aromatic heterocycles. The van der Waals surface area contributed by atoms with Crippen LogP contribution in [0.2, 0.25) is 0 Å². The first kappa shape index (κ1) is 14.3. The first-order chi connectivity index (χ1) is 8.81. The lowest BCUT2D eigenvalue weighted by molar-refractivity contribution is 0.173. The highest BCUT2D eigenvalue weighted by Gasteiger charge is 2.29. The molecule has 2 aliphatic rings. The normalized spacial score (nSPS) is 28.0. The number of hydrogen-bond donors (Lipinski definition) is 0. The van der Waals surface area contributed by atoms with Gasteiger partial charge in [-0.15, -0.1) is 0 Å². The van der Waals surface area contributed by atoms with Crippen LogP contribution in [-0.2, 0) is 0 Å². The molecule has 2 atom stereocenters. The van der Waals surface area contributed by atoms with Crippen LogP contribution in [0.15, 0.2) is 0 Å². The van der Waals surface area contributed by atoms with Crippen LogP contribution in [0.25, 0.3) is 0 Å². The number of nitrogens with zero attached hydrogens (tertiary/aromatic N) is 2. The Hall–Kier alpha value is -0.0800. The van der Waals surface area contributed by atoms with E-state index in [0.717, 1.165) is 12.1 Å². The molecule has 2 heteroatoms. The molecule has 0 aromatic carbocycles. The lowest BCUT2D eigenvalue weighted by atomic mass is 10.1. The van der Waals surface area contributed by atoms with Crippen LogP contribution in [-0.4, -0.2) is 48.1 Å². The maximum absolute atomic E-state index is 2.78. The summed E-state index contributed by atoms with van der Waals surface area (Å²) in [6.07, 6.45) is 11.3. The molecule has 0 saturated carbocycles. The van der Waals surface area contributed by atoms with Crippen molar-refractivity contribution in [3.8, 4) is 0 Å². The molecule has 106 valence electrons. The molecule has 0 aliphatic carbocycles. The van der Waals surface area contributed by atoms with E-state index < -0.39 is 0 Å². The van der Waals surface area contributed by atoms with Crippen LogP contribution in [0.3, 0.4) is 0 Å². The van der Waals surface area contributed by atoms with Gasteiger partial charge in [0, 0.05) is 18.6 Å². The maximum atomic E-state index is 2.78. The van der Waals surface area contributed by atoms with Crippen LogP contribution in [0, 0.1) is 0 Å². The van der Waals surface area contributed by atoms with E-state index >= 15 is 0 Å². The summed E-state index contributed by atoms with van der Waals surface area (Å²) < 4.78 is 0. The largest absolute Gasteiger partial charge is 0.299 e. The average molecular weight is 252 g/mol. The molecular formula is C16H32N2. The summed E-state index contributed by atoms with van der Waals surface area (Å²) in [6.45, 7) is 10.1. The fourth-order valence-electron chi connectivity index (χ4n) is 3.68. The molecule has 18 heavy (non-hydrogen) atoms. The molecule has 0 bridgehead atoms. The average Bonchev–Trinajstić information content (AvgIpc) is 2.71. The minimum Gasteiger partial charge on any atom is -0.299 e. The molecule has 2 aliphatic heterocycles. The number of fused-ring (bicyclic) bond motifs is 1. The van der Waals surface area contributed by atoms with E-state index in [1.54, 1.807) is 0 Å². The Morgan fingerprint density at radius 2 is 1.89 bits per heavy atom. The third kappa shape index (κ3) is 3.96.